The van der Waals surface area contributed by atoms with E-state index < -0.39 is 0 Å². The minimum atomic E-state index is -0.171. The first kappa shape index (κ1) is 15.1. The number of hydrogen-bond acceptors (Lipinski definition) is 4. The molecule has 0 fully saturated rings. The van der Waals surface area contributed by atoms with Crippen LogP contribution >= 0.6 is 0 Å². The highest BCUT2D eigenvalue weighted by atomic mass is 16.1. The van der Waals surface area contributed by atoms with Crippen LogP contribution in [0.15, 0.2) is 36.8 Å². The molecular formula is C17H19N5O. The standard InChI is InChI=1S/C17H19N5O/c1-4-12(3)22-16-15(10-19-22)14(9-11(2)20-16)17(23)21-13-5-7-18-8-6-13/h5-10,12H,4H2,1-3H3,(H,18,21,23)/t12-/m0/s1. The fourth-order valence-corrected chi connectivity index (χ4v) is 2.46. The van der Waals surface area contributed by atoms with Gasteiger partial charge in [-0.2, -0.15) is 5.10 Å². The molecule has 0 aliphatic rings. The first-order chi connectivity index (χ1) is 11.1. The van der Waals surface area contributed by atoms with Crippen molar-refractivity contribution in [1.82, 2.24) is 19.7 Å². The van der Waals surface area contributed by atoms with Crippen molar-refractivity contribution in [1.29, 1.82) is 0 Å². The molecule has 0 bridgehead atoms. The molecule has 3 aromatic heterocycles. The summed E-state index contributed by atoms with van der Waals surface area (Å²) in [5, 5.41) is 8.07. The quantitative estimate of drug-likeness (QED) is 0.802. The van der Waals surface area contributed by atoms with Crippen LogP contribution < -0.4 is 5.32 Å². The second-order valence-electron chi connectivity index (χ2n) is 5.58. The molecule has 3 heterocycles. The Hall–Kier alpha value is -2.76. The highest BCUT2D eigenvalue weighted by Gasteiger charge is 2.17. The van der Waals surface area contributed by atoms with Crippen LogP contribution in [0.25, 0.3) is 11.0 Å². The fourth-order valence-electron chi connectivity index (χ4n) is 2.46. The van der Waals surface area contributed by atoms with Crippen molar-refractivity contribution in [3.05, 3.63) is 48.0 Å². The third-order valence-electron chi connectivity index (χ3n) is 3.89. The first-order valence-electron chi connectivity index (χ1n) is 7.66. The highest BCUT2D eigenvalue weighted by molar-refractivity contribution is 6.11. The maximum Gasteiger partial charge on any atom is 0.256 e. The lowest BCUT2D eigenvalue weighted by molar-refractivity contribution is 0.102. The Morgan fingerprint density at radius 1 is 1.35 bits per heavy atom. The summed E-state index contributed by atoms with van der Waals surface area (Å²) in [7, 11) is 0. The van der Waals surface area contributed by atoms with E-state index in [4.69, 9.17) is 0 Å². The van der Waals surface area contributed by atoms with Crippen molar-refractivity contribution < 1.29 is 4.79 Å². The molecule has 23 heavy (non-hydrogen) atoms. The van der Waals surface area contributed by atoms with Gasteiger partial charge >= 0.3 is 0 Å². The molecule has 3 aromatic rings. The van der Waals surface area contributed by atoms with E-state index in [2.05, 4.69) is 34.2 Å². The second-order valence-corrected chi connectivity index (χ2v) is 5.58. The zero-order valence-electron chi connectivity index (χ0n) is 13.4. The zero-order valence-corrected chi connectivity index (χ0v) is 13.4. The maximum absolute atomic E-state index is 12.6. The predicted octanol–water partition coefficient (Wildman–Crippen LogP) is 3.36. The SMILES string of the molecule is CC[C@H](C)n1ncc2c(C(=O)Nc3ccncc3)cc(C)nc21. The molecule has 0 aliphatic heterocycles. The van der Waals surface area contributed by atoms with E-state index in [1.165, 1.54) is 0 Å². The Morgan fingerprint density at radius 2 is 2.09 bits per heavy atom. The lowest BCUT2D eigenvalue weighted by Crippen LogP contribution is -2.13. The summed E-state index contributed by atoms with van der Waals surface area (Å²) in [5.74, 6) is -0.171. The molecule has 0 unspecified atom stereocenters. The van der Waals surface area contributed by atoms with E-state index in [0.29, 0.717) is 11.3 Å². The van der Waals surface area contributed by atoms with Crippen molar-refractivity contribution in [3.63, 3.8) is 0 Å². The van der Waals surface area contributed by atoms with Gasteiger partial charge in [-0.3, -0.25) is 9.78 Å². The third-order valence-corrected chi connectivity index (χ3v) is 3.89. The van der Waals surface area contributed by atoms with E-state index >= 15 is 0 Å². The van der Waals surface area contributed by atoms with Gasteiger partial charge in [0.25, 0.3) is 5.91 Å². The number of fused-ring (bicyclic) bond motifs is 1. The summed E-state index contributed by atoms with van der Waals surface area (Å²) < 4.78 is 1.88. The van der Waals surface area contributed by atoms with E-state index in [1.807, 2.05) is 11.6 Å². The number of carbonyl (C=O) groups is 1. The molecule has 0 spiro atoms. The molecule has 0 aromatic carbocycles. The minimum absolute atomic E-state index is 0.171. The number of amides is 1. The average molecular weight is 309 g/mol. The van der Waals surface area contributed by atoms with Crippen molar-refractivity contribution in [3.8, 4) is 0 Å². The maximum atomic E-state index is 12.6. The van der Waals surface area contributed by atoms with E-state index in [1.54, 1.807) is 36.8 Å². The van der Waals surface area contributed by atoms with Gasteiger partial charge in [0.05, 0.1) is 23.2 Å². The number of rotatable bonds is 4. The third kappa shape index (κ3) is 2.92. The summed E-state index contributed by atoms with van der Waals surface area (Å²) in [4.78, 5) is 21.1. The molecule has 0 aliphatic carbocycles. The number of nitrogens with zero attached hydrogens (tertiary/aromatic N) is 4. The molecule has 0 radical (unpaired) electrons. The van der Waals surface area contributed by atoms with Gasteiger partial charge < -0.3 is 5.32 Å². The minimum Gasteiger partial charge on any atom is -0.322 e. The van der Waals surface area contributed by atoms with Crippen LogP contribution in [0.3, 0.4) is 0 Å². The van der Waals surface area contributed by atoms with Crippen LogP contribution in [0.1, 0.15) is 42.4 Å². The van der Waals surface area contributed by atoms with Crippen molar-refractivity contribution in [2.45, 2.75) is 33.2 Å². The van der Waals surface area contributed by atoms with Crippen molar-refractivity contribution >= 4 is 22.6 Å². The van der Waals surface area contributed by atoms with Gasteiger partial charge in [-0.05, 0) is 38.5 Å². The molecule has 6 heteroatoms. The Labute approximate surface area is 134 Å². The van der Waals surface area contributed by atoms with Gasteiger partial charge in [0.2, 0.25) is 0 Å². The van der Waals surface area contributed by atoms with Crippen molar-refractivity contribution in [2.24, 2.45) is 0 Å². The van der Waals surface area contributed by atoms with Crippen molar-refractivity contribution in [2.75, 3.05) is 5.32 Å². The number of aromatic nitrogens is 4. The van der Waals surface area contributed by atoms with Crippen LogP contribution in [-0.4, -0.2) is 25.7 Å². The van der Waals surface area contributed by atoms with E-state index in [9.17, 15) is 4.79 Å². The Bertz CT molecular complexity index is 841. The second kappa shape index (κ2) is 6.16. The lowest BCUT2D eigenvalue weighted by atomic mass is 10.1. The van der Waals surface area contributed by atoms with Gasteiger partial charge in [0, 0.05) is 23.8 Å². The Morgan fingerprint density at radius 3 is 2.78 bits per heavy atom. The Kier molecular flexibility index (Phi) is 4.06. The average Bonchev–Trinajstić information content (AvgIpc) is 2.97. The summed E-state index contributed by atoms with van der Waals surface area (Å²) in [6, 6.07) is 5.54. The van der Waals surface area contributed by atoms with Crippen LogP contribution in [0.4, 0.5) is 5.69 Å². The van der Waals surface area contributed by atoms with E-state index in [-0.39, 0.29) is 11.9 Å². The Balaban J connectivity index is 2.03. The molecule has 1 amide bonds. The monoisotopic (exact) mass is 309 g/mol. The first-order valence-corrected chi connectivity index (χ1v) is 7.66. The molecule has 118 valence electrons. The summed E-state index contributed by atoms with van der Waals surface area (Å²) in [6.07, 6.45) is 5.95. The number of hydrogen-bond donors (Lipinski definition) is 1. The topological polar surface area (TPSA) is 72.7 Å². The van der Waals surface area contributed by atoms with Gasteiger partial charge in [-0.25, -0.2) is 9.67 Å². The number of carbonyl (C=O) groups excluding carboxylic acids is 1. The van der Waals surface area contributed by atoms with Crippen LogP contribution in [-0.2, 0) is 0 Å². The normalized spacial score (nSPS) is 12.3. The predicted molar refractivity (Wildman–Crippen MR) is 89.5 cm³/mol. The number of nitrogens with one attached hydrogen (secondary N) is 1. The molecule has 1 N–H and O–H groups in total. The van der Waals surface area contributed by atoms with E-state index in [0.717, 1.165) is 23.1 Å². The van der Waals surface area contributed by atoms with Crippen LogP contribution in [0, 0.1) is 6.92 Å². The van der Waals surface area contributed by atoms with Gasteiger partial charge in [0.15, 0.2) is 5.65 Å². The number of anilines is 1. The molecule has 6 nitrogen and oxygen atoms in total. The number of aryl methyl sites for hydroxylation is 1. The molecule has 0 saturated heterocycles. The molecular weight excluding hydrogens is 290 g/mol. The molecule has 1 atom stereocenters. The van der Waals surface area contributed by atoms with Gasteiger partial charge in [0.1, 0.15) is 0 Å². The molecule has 3 rings (SSSR count). The summed E-state index contributed by atoms with van der Waals surface area (Å²) in [6.45, 7) is 6.08. The van der Waals surface area contributed by atoms with Crippen LogP contribution in [0.5, 0.6) is 0 Å². The number of pyridine rings is 2. The fraction of sp³-hybridized carbons (Fsp3) is 0.294. The van der Waals surface area contributed by atoms with Crippen LogP contribution in [0.2, 0.25) is 0 Å². The smallest absolute Gasteiger partial charge is 0.256 e. The van der Waals surface area contributed by atoms with Gasteiger partial charge in [-0.1, -0.05) is 6.92 Å². The zero-order chi connectivity index (χ0) is 16.4. The summed E-state index contributed by atoms with van der Waals surface area (Å²) in [5.41, 5.74) is 2.84. The lowest BCUT2D eigenvalue weighted by Gasteiger charge is -2.11. The highest BCUT2D eigenvalue weighted by Crippen LogP contribution is 2.23. The summed E-state index contributed by atoms with van der Waals surface area (Å²) >= 11 is 0. The van der Waals surface area contributed by atoms with Gasteiger partial charge in [-0.15, -0.1) is 0 Å². The largest absolute Gasteiger partial charge is 0.322 e. The molecule has 0 saturated carbocycles.